The Morgan fingerprint density at radius 3 is 2.76 bits per heavy atom. The minimum atomic E-state index is -3.45. The summed E-state index contributed by atoms with van der Waals surface area (Å²) in [5.74, 6) is 0.173. The largest absolute Gasteiger partial charge is 0.386 e. The van der Waals surface area contributed by atoms with Crippen LogP contribution in [0, 0.1) is 0 Å². The molecule has 21 heavy (non-hydrogen) atoms. The average Bonchev–Trinajstić information content (AvgIpc) is 2.88. The lowest BCUT2D eigenvalue weighted by molar-refractivity contribution is -0.124. The molecule has 124 valence electrons. The quantitative estimate of drug-likeness (QED) is 0.513. The maximum absolute atomic E-state index is 12.1. The molecule has 1 aliphatic heterocycles. The summed E-state index contributed by atoms with van der Waals surface area (Å²) < 4.78 is 30.8. The molecule has 2 unspecified atom stereocenters. The Morgan fingerprint density at radius 2 is 2.24 bits per heavy atom. The summed E-state index contributed by atoms with van der Waals surface area (Å²) in [5, 5.41) is 12.7. The number of aliphatic hydroxyl groups is 1. The summed E-state index contributed by atoms with van der Waals surface area (Å²) in [6.07, 6.45) is 2.76. The van der Waals surface area contributed by atoms with Crippen LogP contribution >= 0.6 is 11.8 Å². The minimum absolute atomic E-state index is 0.0649. The molecule has 1 heterocycles. The molecule has 0 aromatic heterocycles. The van der Waals surface area contributed by atoms with E-state index >= 15 is 0 Å². The summed E-state index contributed by atoms with van der Waals surface area (Å²) in [6, 6.07) is -0.812. The summed E-state index contributed by atoms with van der Waals surface area (Å²) >= 11 is 1.54. The molecule has 1 rings (SSSR count). The van der Waals surface area contributed by atoms with Crippen LogP contribution in [-0.2, 0) is 19.6 Å². The fourth-order valence-corrected chi connectivity index (χ4v) is 3.19. The lowest BCUT2D eigenvalue weighted by Gasteiger charge is -2.23. The van der Waals surface area contributed by atoms with Crippen LogP contribution in [0.15, 0.2) is 0 Å². The zero-order valence-corrected chi connectivity index (χ0v) is 14.1. The fraction of sp³-hybridized carbons (Fsp3) is 0.917. The van der Waals surface area contributed by atoms with Crippen LogP contribution in [0.25, 0.3) is 0 Å². The van der Waals surface area contributed by atoms with Crippen LogP contribution in [0.1, 0.15) is 19.8 Å². The molecule has 0 aliphatic carbocycles. The number of thioether (sulfide) groups is 1. The van der Waals surface area contributed by atoms with Gasteiger partial charge in [-0.2, -0.15) is 11.8 Å². The second-order valence-corrected chi connectivity index (χ2v) is 8.13. The van der Waals surface area contributed by atoms with Gasteiger partial charge in [0.2, 0.25) is 15.9 Å². The first-order chi connectivity index (χ1) is 9.82. The molecule has 1 saturated heterocycles. The van der Waals surface area contributed by atoms with E-state index in [2.05, 4.69) is 10.0 Å². The van der Waals surface area contributed by atoms with Crippen molar-refractivity contribution in [2.45, 2.75) is 31.4 Å². The number of carbonyl (C=O) groups is 1. The molecule has 1 amide bonds. The lowest BCUT2D eigenvalue weighted by atomic mass is 10.0. The maximum atomic E-state index is 12.1. The highest BCUT2D eigenvalue weighted by Gasteiger charge is 2.33. The summed E-state index contributed by atoms with van der Waals surface area (Å²) in [4.78, 5) is 12.1. The summed E-state index contributed by atoms with van der Waals surface area (Å²) in [6.45, 7) is 2.23. The van der Waals surface area contributed by atoms with Gasteiger partial charge in [0.15, 0.2) is 0 Å². The van der Waals surface area contributed by atoms with Crippen LogP contribution in [-0.4, -0.2) is 68.6 Å². The van der Waals surface area contributed by atoms with Crippen molar-refractivity contribution in [2.75, 3.05) is 37.5 Å². The van der Waals surface area contributed by atoms with Crippen molar-refractivity contribution in [3.63, 3.8) is 0 Å². The Hall–Kier alpha value is -0.350. The van der Waals surface area contributed by atoms with Crippen molar-refractivity contribution in [3.8, 4) is 0 Å². The van der Waals surface area contributed by atoms with Gasteiger partial charge in [0, 0.05) is 19.6 Å². The predicted molar refractivity (Wildman–Crippen MR) is 82.8 cm³/mol. The molecule has 0 bridgehead atoms. The Bertz CT molecular complexity index is 435. The number of amides is 1. The normalized spacial score (nSPS) is 24.0. The first-order valence-electron chi connectivity index (χ1n) is 6.89. The van der Waals surface area contributed by atoms with Crippen LogP contribution in [0.3, 0.4) is 0 Å². The van der Waals surface area contributed by atoms with Gasteiger partial charge in [-0.3, -0.25) is 4.79 Å². The SMILES string of the molecule is CCS(=O)(=O)NC(CCSC)C(=O)NCC1(O)CCOC1. The predicted octanol–water partition coefficient (Wildman–Crippen LogP) is -0.685. The summed E-state index contributed by atoms with van der Waals surface area (Å²) in [7, 11) is -3.45. The Labute approximate surface area is 130 Å². The van der Waals surface area contributed by atoms with E-state index in [0.29, 0.717) is 25.2 Å². The second kappa shape index (κ2) is 8.33. The van der Waals surface area contributed by atoms with Crippen molar-refractivity contribution in [1.82, 2.24) is 10.0 Å². The zero-order chi connectivity index (χ0) is 15.9. The number of carbonyl (C=O) groups excluding carboxylic acids is 1. The van der Waals surface area contributed by atoms with E-state index in [9.17, 15) is 18.3 Å². The molecule has 9 heteroatoms. The van der Waals surface area contributed by atoms with E-state index in [-0.39, 0.29) is 18.9 Å². The molecule has 0 radical (unpaired) electrons. The van der Waals surface area contributed by atoms with Crippen molar-refractivity contribution in [3.05, 3.63) is 0 Å². The van der Waals surface area contributed by atoms with E-state index in [4.69, 9.17) is 4.74 Å². The van der Waals surface area contributed by atoms with Gasteiger partial charge in [-0.15, -0.1) is 0 Å². The van der Waals surface area contributed by atoms with E-state index in [1.54, 1.807) is 0 Å². The number of rotatable bonds is 9. The molecular weight excluding hydrogens is 316 g/mol. The van der Waals surface area contributed by atoms with Gasteiger partial charge < -0.3 is 15.2 Å². The Kier molecular flexibility index (Phi) is 7.41. The average molecular weight is 340 g/mol. The van der Waals surface area contributed by atoms with Gasteiger partial charge in [0.1, 0.15) is 11.6 Å². The summed E-state index contributed by atoms with van der Waals surface area (Å²) in [5.41, 5.74) is -1.05. The van der Waals surface area contributed by atoms with Crippen LogP contribution in [0.4, 0.5) is 0 Å². The van der Waals surface area contributed by atoms with Gasteiger partial charge >= 0.3 is 0 Å². The molecule has 7 nitrogen and oxygen atoms in total. The Morgan fingerprint density at radius 1 is 1.52 bits per heavy atom. The van der Waals surface area contributed by atoms with Crippen molar-refractivity contribution in [1.29, 1.82) is 0 Å². The first kappa shape index (κ1) is 18.7. The monoisotopic (exact) mass is 340 g/mol. The van der Waals surface area contributed by atoms with E-state index in [1.165, 1.54) is 18.7 Å². The third-order valence-electron chi connectivity index (χ3n) is 3.30. The number of sulfonamides is 1. The van der Waals surface area contributed by atoms with Gasteiger partial charge in [0.05, 0.1) is 12.4 Å². The van der Waals surface area contributed by atoms with Crippen LogP contribution in [0.2, 0.25) is 0 Å². The minimum Gasteiger partial charge on any atom is -0.386 e. The standard InChI is InChI=1S/C12H24N2O5S2/c1-3-21(17,18)14-10(4-7-20-2)11(15)13-8-12(16)5-6-19-9-12/h10,14,16H,3-9H2,1-2H3,(H,13,15). The smallest absolute Gasteiger partial charge is 0.238 e. The molecule has 0 aromatic rings. The van der Waals surface area contributed by atoms with Crippen molar-refractivity contribution >= 4 is 27.7 Å². The van der Waals surface area contributed by atoms with Gasteiger partial charge in [-0.05, 0) is 25.4 Å². The third-order valence-corrected chi connectivity index (χ3v) is 5.35. The highest BCUT2D eigenvalue weighted by atomic mass is 32.2. The highest BCUT2D eigenvalue weighted by molar-refractivity contribution is 7.98. The number of nitrogens with one attached hydrogen (secondary N) is 2. The zero-order valence-electron chi connectivity index (χ0n) is 12.4. The number of hydrogen-bond acceptors (Lipinski definition) is 6. The van der Waals surface area contributed by atoms with Crippen LogP contribution in [0.5, 0.6) is 0 Å². The molecule has 0 spiro atoms. The molecular formula is C12H24N2O5S2. The number of hydrogen-bond donors (Lipinski definition) is 3. The van der Waals surface area contributed by atoms with E-state index in [0.717, 1.165) is 0 Å². The van der Waals surface area contributed by atoms with E-state index in [1.807, 2.05) is 6.26 Å². The first-order valence-corrected chi connectivity index (χ1v) is 9.93. The number of ether oxygens (including phenoxy) is 1. The molecule has 1 fully saturated rings. The molecule has 1 aliphatic rings. The van der Waals surface area contributed by atoms with Gasteiger partial charge in [-0.25, -0.2) is 13.1 Å². The fourth-order valence-electron chi connectivity index (χ4n) is 1.89. The van der Waals surface area contributed by atoms with Crippen molar-refractivity contribution in [2.24, 2.45) is 0 Å². The lowest BCUT2D eigenvalue weighted by Crippen LogP contribution is -2.51. The van der Waals surface area contributed by atoms with Gasteiger partial charge in [-0.1, -0.05) is 0 Å². The molecule has 2 atom stereocenters. The van der Waals surface area contributed by atoms with Gasteiger partial charge in [0.25, 0.3) is 0 Å². The van der Waals surface area contributed by atoms with Crippen LogP contribution < -0.4 is 10.0 Å². The molecule has 0 saturated carbocycles. The van der Waals surface area contributed by atoms with Crippen molar-refractivity contribution < 1.29 is 23.1 Å². The topological polar surface area (TPSA) is 105 Å². The van der Waals surface area contributed by atoms with E-state index < -0.39 is 27.6 Å². The molecule has 3 N–H and O–H groups in total. The highest BCUT2D eigenvalue weighted by Crippen LogP contribution is 2.17. The second-order valence-electron chi connectivity index (χ2n) is 5.10. The molecule has 0 aromatic carbocycles. The Balaban J connectivity index is 2.57. The maximum Gasteiger partial charge on any atom is 0.238 e. The third kappa shape index (κ3) is 6.52.